The van der Waals surface area contributed by atoms with Crippen molar-refractivity contribution < 1.29 is 14.7 Å². The van der Waals surface area contributed by atoms with Gasteiger partial charge >= 0.3 is 0 Å². The fourth-order valence-electron chi connectivity index (χ4n) is 1.45. The van der Waals surface area contributed by atoms with Crippen molar-refractivity contribution in [3.63, 3.8) is 0 Å². The average molecular weight is 193 g/mol. The summed E-state index contributed by atoms with van der Waals surface area (Å²) in [6.45, 7) is 1.84. The van der Waals surface area contributed by atoms with Crippen LogP contribution in [0.25, 0.3) is 0 Å². The first-order chi connectivity index (χ1) is 6.74. The number of ether oxygens (including phenoxy) is 1. The second-order valence-corrected chi connectivity index (χ2v) is 3.13. The molecule has 1 atom stereocenters. The van der Waals surface area contributed by atoms with Crippen LogP contribution in [0.5, 0.6) is 5.75 Å². The number of hydroxylamine groups is 1. The zero-order valence-corrected chi connectivity index (χ0v) is 7.80. The zero-order chi connectivity index (χ0) is 10.1. The van der Waals surface area contributed by atoms with Crippen LogP contribution in [0.3, 0.4) is 0 Å². The lowest BCUT2D eigenvalue weighted by molar-refractivity contribution is -0.132. The normalized spacial score (nSPS) is 20.3. The Hall–Kier alpha value is -1.55. The summed E-state index contributed by atoms with van der Waals surface area (Å²) in [6, 6.07) is 6.91. The lowest BCUT2D eigenvalue weighted by Gasteiger charge is -2.29. The minimum Gasteiger partial charge on any atom is -0.478 e. The molecule has 0 unspecified atom stereocenters. The van der Waals surface area contributed by atoms with Crippen molar-refractivity contribution in [2.75, 3.05) is 5.06 Å². The van der Waals surface area contributed by atoms with Crippen LogP contribution in [-0.4, -0.2) is 17.2 Å². The van der Waals surface area contributed by atoms with E-state index in [1.807, 2.05) is 6.92 Å². The van der Waals surface area contributed by atoms with Crippen molar-refractivity contribution in [1.29, 1.82) is 0 Å². The van der Waals surface area contributed by atoms with Gasteiger partial charge < -0.3 is 4.74 Å². The molecule has 0 radical (unpaired) electrons. The van der Waals surface area contributed by atoms with Gasteiger partial charge in [-0.05, 0) is 18.6 Å². The van der Waals surface area contributed by atoms with Gasteiger partial charge in [0, 0.05) is 0 Å². The van der Waals surface area contributed by atoms with Crippen LogP contribution in [0.1, 0.15) is 13.3 Å². The molecule has 0 aromatic heterocycles. The summed E-state index contributed by atoms with van der Waals surface area (Å²) in [5, 5.41) is 10.2. The molecule has 4 nitrogen and oxygen atoms in total. The summed E-state index contributed by atoms with van der Waals surface area (Å²) in [5.41, 5.74) is 0.405. The molecular formula is C10H11NO3. The van der Waals surface area contributed by atoms with Crippen molar-refractivity contribution in [2.24, 2.45) is 0 Å². The molecule has 0 bridgehead atoms. The highest BCUT2D eigenvalue weighted by Gasteiger charge is 2.32. The molecule has 2 rings (SSSR count). The van der Waals surface area contributed by atoms with Gasteiger partial charge in [-0.1, -0.05) is 19.1 Å². The van der Waals surface area contributed by atoms with Crippen molar-refractivity contribution in [1.82, 2.24) is 0 Å². The summed E-state index contributed by atoms with van der Waals surface area (Å²) < 4.78 is 5.41. The van der Waals surface area contributed by atoms with Gasteiger partial charge in [0.1, 0.15) is 11.4 Å². The number of nitrogens with zero attached hydrogens (tertiary/aromatic N) is 1. The number of fused-ring (bicyclic) bond motifs is 1. The van der Waals surface area contributed by atoms with E-state index >= 15 is 0 Å². The van der Waals surface area contributed by atoms with E-state index in [4.69, 9.17) is 4.74 Å². The van der Waals surface area contributed by atoms with Gasteiger partial charge in [-0.15, -0.1) is 0 Å². The number of rotatable bonds is 1. The minimum atomic E-state index is -0.574. The van der Waals surface area contributed by atoms with Gasteiger partial charge in [-0.3, -0.25) is 10.0 Å². The number of benzene rings is 1. The standard InChI is InChI=1S/C10H11NO3/c1-2-8-10(12)11(13)7-5-3-4-6-9(7)14-8/h3-6,8,13H,2H2,1H3/t8-/m1/s1. The average Bonchev–Trinajstić information content (AvgIpc) is 2.23. The van der Waals surface area contributed by atoms with Crippen LogP contribution in [0.2, 0.25) is 0 Å². The van der Waals surface area contributed by atoms with Crippen molar-refractivity contribution >= 4 is 11.6 Å². The summed E-state index contributed by atoms with van der Waals surface area (Å²) >= 11 is 0. The van der Waals surface area contributed by atoms with E-state index in [9.17, 15) is 10.0 Å². The Bertz CT molecular complexity index is 364. The summed E-state index contributed by atoms with van der Waals surface area (Å²) in [7, 11) is 0. The van der Waals surface area contributed by atoms with Gasteiger partial charge in [-0.2, -0.15) is 5.06 Å². The van der Waals surface area contributed by atoms with Crippen LogP contribution in [0.4, 0.5) is 5.69 Å². The topological polar surface area (TPSA) is 49.8 Å². The number of amides is 1. The highest BCUT2D eigenvalue weighted by molar-refractivity contribution is 5.97. The van der Waals surface area contributed by atoms with Gasteiger partial charge in [0.05, 0.1) is 0 Å². The SMILES string of the molecule is CC[C@H]1Oc2ccccc2N(O)C1=O. The molecule has 0 spiro atoms. The zero-order valence-electron chi connectivity index (χ0n) is 7.80. The molecule has 14 heavy (non-hydrogen) atoms. The summed E-state index contributed by atoms with van der Waals surface area (Å²) in [6.07, 6.45) is -0.0283. The van der Waals surface area contributed by atoms with Crippen LogP contribution in [0, 0.1) is 0 Å². The first kappa shape index (κ1) is 9.02. The van der Waals surface area contributed by atoms with Gasteiger partial charge in [0.25, 0.3) is 5.91 Å². The van der Waals surface area contributed by atoms with Crippen molar-refractivity contribution in [3.05, 3.63) is 24.3 Å². The Morgan fingerprint density at radius 1 is 1.50 bits per heavy atom. The minimum absolute atomic E-state index is 0.405. The van der Waals surface area contributed by atoms with E-state index in [1.165, 1.54) is 0 Å². The molecule has 1 aliphatic heterocycles. The van der Waals surface area contributed by atoms with Crippen LogP contribution in [-0.2, 0) is 4.79 Å². The quantitative estimate of drug-likeness (QED) is 0.689. The third-order valence-corrected chi connectivity index (χ3v) is 2.22. The van der Waals surface area contributed by atoms with E-state index in [1.54, 1.807) is 24.3 Å². The number of carbonyl (C=O) groups excluding carboxylic acids is 1. The van der Waals surface area contributed by atoms with Crippen LogP contribution in [0.15, 0.2) is 24.3 Å². The molecule has 0 saturated carbocycles. The van der Waals surface area contributed by atoms with Crippen LogP contribution >= 0.6 is 0 Å². The first-order valence-corrected chi connectivity index (χ1v) is 4.52. The Balaban J connectivity index is 2.42. The van der Waals surface area contributed by atoms with Gasteiger partial charge in [0.2, 0.25) is 0 Å². The van der Waals surface area contributed by atoms with E-state index in [0.29, 0.717) is 22.9 Å². The third-order valence-electron chi connectivity index (χ3n) is 2.22. The Kier molecular flexibility index (Phi) is 2.13. The molecule has 74 valence electrons. The number of para-hydroxylation sites is 2. The molecule has 0 fully saturated rings. The number of anilines is 1. The number of hydrogen-bond acceptors (Lipinski definition) is 3. The Morgan fingerprint density at radius 3 is 2.93 bits per heavy atom. The highest BCUT2D eigenvalue weighted by atomic mass is 16.6. The maximum Gasteiger partial charge on any atom is 0.291 e. The molecule has 1 amide bonds. The van der Waals surface area contributed by atoms with E-state index < -0.39 is 12.0 Å². The molecule has 1 aromatic rings. The van der Waals surface area contributed by atoms with E-state index in [0.717, 1.165) is 0 Å². The molecule has 1 aliphatic rings. The number of carbonyl (C=O) groups is 1. The second-order valence-electron chi connectivity index (χ2n) is 3.13. The second kappa shape index (κ2) is 3.31. The van der Waals surface area contributed by atoms with E-state index in [2.05, 4.69) is 0 Å². The van der Waals surface area contributed by atoms with Gasteiger partial charge in [0.15, 0.2) is 6.10 Å². The van der Waals surface area contributed by atoms with Crippen molar-refractivity contribution in [2.45, 2.75) is 19.4 Å². The Labute approximate surface area is 81.7 Å². The lowest BCUT2D eigenvalue weighted by atomic mass is 10.2. The first-order valence-electron chi connectivity index (χ1n) is 4.52. The van der Waals surface area contributed by atoms with Crippen molar-refractivity contribution in [3.8, 4) is 5.75 Å². The fourth-order valence-corrected chi connectivity index (χ4v) is 1.45. The smallest absolute Gasteiger partial charge is 0.291 e. The molecule has 1 heterocycles. The summed E-state index contributed by atoms with van der Waals surface area (Å²) in [4.78, 5) is 11.5. The van der Waals surface area contributed by atoms with Gasteiger partial charge in [-0.25, -0.2) is 0 Å². The van der Waals surface area contributed by atoms with Crippen LogP contribution < -0.4 is 9.80 Å². The summed E-state index contributed by atoms with van der Waals surface area (Å²) in [5.74, 6) is 0.132. The highest BCUT2D eigenvalue weighted by Crippen LogP contribution is 2.32. The maximum absolute atomic E-state index is 11.5. The monoisotopic (exact) mass is 193 g/mol. The molecular weight excluding hydrogens is 182 g/mol. The predicted octanol–water partition coefficient (Wildman–Crippen LogP) is 1.58. The number of hydrogen-bond donors (Lipinski definition) is 1. The molecule has 4 heteroatoms. The molecule has 1 aromatic carbocycles. The third kappa shape index (κ3) is 1.24. The lowest BCUT2D eigenvalue weighted by Crippen LogP contribution is -2.43. The fraction of sp³-hybridized carbons (Fsp3) is 0.300. The molecule has 0 aliphatic carbocycles. The molecule has 1 N–H and O–H groups in total. The Morgan fingerprint density at radius 2 is 2.21 bits per heavy atom. The predicted molar refractivity (Wildman–Crippen MR) is 50.4 cm³/mol. The largest absolute Gasteiger partial charge is 0.478 e. The maximum atomic E-state index is 11.5. The molecule has 0 saturated heterocycles. The van der Waals surface area contributed by atoms with E-state index in [-0.39, 0.29) is 0 Å².